The fraction of sp³-hybridized carbons (Fsp3) is 0.0769. The Morgan fingerprint density at radius 3 is 3.00 bits per heavy atom. The minimum atomic E-state index is -0.455. The number of aromatic nitrogens is 2. The van der Waals surface area contributed by atoms with Crippen molar-refractivity contribution in [1.82, 2.24) is 9.55 Å². The van der Waals surface area contributed by atoms with Crippen LogP contribution in [0.15, 0.2) is 55.6 Å². The standard InChI is InChI=1S/C13H12N2O2/c1-2-13(16)17-12-6-4-3-5-11(12)9-15-8-7-14-10-15/h2-8,10H,1,9H2. The van der Waals surface area contributed by atoms with E-state index in [4.69, 9.17) is 4.74 Å². The van der Waals surface area contributed by atoms with Gasteiger partial charge in [0.1, 0.15) is 5.75 Å². The van der Waals surface area contributed by atoms with E-state index in [2.05, 4.69) is 11.6 Å². The first-order valence-electron chi connectivity index (χ1n) is 5.17. The van der Waals surface area contributed by atoms with Gasteiger partial charge >= 0.3 is 5.97 Å². The van der Waals surface area contributed by atoms with E-state index in [1.54, 1.807) is 18.6 Å². The van der Waals surface area contributed by atoms with Crippen LogP contribution in [0.4, 0.5) is 0 Å². The van der Waals surface area contributed by atoms with Gasteiger partial charge in [-0.2, -0.15) is 0 Å². The molecule has 0 unspecified atom stereocenters. The molecule has 0 amide bonds. The molecule has 4 nitrogen and oxygen atoms in total. The van der Waals surface area contributed by atoms with Crippen molar-refractivity contribution in [2.75, 3.05) is 0 Å². The summed E-state index contributed by atoms with van der Waals surface area (Å²) < 4.78 is 7.06. The van der Waals surface area contributed by atoms with E-state index in [0.29, 0.717) is 12.3 Å². The molecule has 2 rings (SSSR count). The highest BCUT2D eigenvalue weighted by atomic mass is 16.5. The van der Waals surface area contributed by atoms with Crippen LogP contribution in [0.1, 0.15) is 5.56 Å². The second-order valence-electron chi connectivity index (χ2n) is 3.47. The van der Waals surface area contributed by atoms with Gasteiger partial charge in [0.05, 0.1) is 12.9 Å². The Hall–Kier alpha value is -2.36. The molecule has 0 saturated carbocycles. The lowest BCUT2D eigenvalue weighted by Gasteiger charge is -2.09. The van der Waals surface area contributed by atoms with Crippen molar-refractivity contribution in [2.45, 2.75) is 6.54 Å². The molecule has 2 aromatic rings. The lowest BCUT2D eigenvalue weighted by molar-refractivity contribution is -0.129. The first kappa shape index (κ1) is 11.1. The molecule has 0 aliphatic carbocycles. The predicted octanol–water partition coefficient (Wildman–Crippen LogP) is 2.02. The molecule has 0 saturated heterocycles. The highest BCUT2D eigenvalue weighted by molar-refractivity contribution is 5.83. The Morgan fingerprint density at radius 1 is 1.47 bits per heavy atom. The molecule has 0 spiro atoms. The Labute approximate surface area is 99.2 Å². The summed E-state index contributed by atoms with van der Waals surface area (Å²) in [6.07, 6.45) is 6.42. The minimum absolute atomic E-state index is 0.455. The normalized spacial score (nSPS) is 9.88. The van der Waals surface area contributed by atoms with Crippen LogP contribution in [0.5, 0.6) is 5.75 Å². The Balaban J connectivity index is 2.21. The first-order valence-corrected chi connectivity index (χ1v) is 5.17. The number of hydrogen-bond donors (Lipinski definition) is 0. The summed E-state index contributed by atoms with van der Waals surface area (Å²) >= 11 is 0. The second-order valence-corrected chi connectivity index (χ2v) is 3.47. The van der Waals surface area contributed by atoms with E-state index in [0.717, 1.165) is 11.6 Å². The lowest BCUT2D eigenvalue weighted by Crippen LogP contribution is -2.07. The maximum Gasteiger partial charge on any atom is 0.335 e. The van der Waals surface area contributed by atoms with Gasteiger partial charge in [0, 0.05) is 24.0 Å². The smallest absolute Gasteiger partial charge is 0.335 e. The van der Waals surface area contributed by atoms with Gasteiger partial charge in [-0.15, -0.1) is 0 Å². The van der Waals surface area contributed by atoms with Crippen molar-refractivity contribution in [1.29, 1.82) is 0 Å². The fourth-order valence-electron chi connectivity index (χ4n) is 1.46. The summed E-state index contributed by atoms with van der Waals surface area (Å²) in [7, 11) is 0. The maximum absolute atomic E-state index is 11.2. The van der Waals surface area contributed by atoms with Crippen molar-refractivity contribution in [3.05, 3.63) is 61.2 Å². The number of ether oxygens (including phenoxy) is 1. The quantitative estimate of drug-likeness (QED) is 0.457. The number of benzene rings is 1. The van der Waals surface area contributed by atoms with E-state index in [9.17, 15) is 4.79 Å². The average Bonchev–Trinajstić information content (AvgIpc) is 2.84. The number of imidazole rings is 1. The molecule has 86 valence electrons. The van der Waals surface area contributed by atoms with Crippen LogP contribution in [0.25, 0.3) is 0 Å². The zero-order chi connectivity index (χ0) is 12.1. The third-order valence-corrected chi connectivity index (χ3v) is 2.26. The third-order valence-electron chi connectivity index (χ3n) is 2.26. The van der Waals surface area contributed by atoms with Crippen LogP contribution in [0, 0.1) is 0 Å². The molecule has 1 aromatic carbocycles. The van der Waals surface area contributed by atoms with Gasteiger partial charge in [-0.3, -0.25) is 0 Å². The molecule has 0 atom stereocenters. The van der Waals surface area contributed by atoms with Crippen molar-refractivity contribution >= 4 is 5.97 Å². The van der Waals surface area contributed by atoms with Crippen LogP contribution in [0.3, 0.4) is 0 Å². The van der Waals surface area contributed by atoms with Crippen LogP contribution in [0.2, 0.25) is 0 Å². The molecule has 0 N–H and O–H groups in total. The fourth-order valence-corrected chi connectivity index (χ4v) is 1.46. The van der Waals surface area contributed by atoms with Crippen LogP contribution in [-0.2, 0) is 11.3 Å². The highest BCUT2D eigenvalue weighted by Crippen LogP contribution is 2.19. The van der Waals surface area contributed by atoms with E-state index < -0.39 is 5.97 Å². The van der Waals surface area contributed by atoms with Crippen molar-refractivity contribution in [3.63, 3.8) is 0 Å². The third kappa shape index (κ3) is 2.81. The van der Waals surface area contributed by atoms with Gasteiger partial charge in [-0.1, -0.05) is 24.8 Å². The summed E-state index contributed by atoms with van der Waals surface area (Å²) in [6.45, 7) is 3.98. The van der Waals surface area contributed by atoms with E-state index in [1.807, 2.05) is 29.0 Å². The molecule has 17 heavy (non-hydrogen) atoms. The Kier molecular flexibility index (Phi) is 3.35. The second kappa shape index (κ2) is 5.12. The topological polar surface area (TPSA) is 44.1 Å². The van der Waals surface area contributed by atoms with Gasteiger partial charge in [0.25, 0.3) is 0 Å². The van der Waals surface area contributed by atoms with Gasteiger partial charge in [0.2, 0.25) is 0 Å². The monoisotopic (exact) mass is 228 g/mol. The number of carbonyl (C=O) groups is 1. The molecule has 1 aromatic heterocycles. The van der Waals surface area contributed by atoms with E-state index >= 15 is 0 Å². The zero-order valence-electron chi connectivity index (χ0n) is 9.24. The van der Waals surface area contributed by atoms with Gasteiger partial charge < -0.3 is 9.30 Å². The maximum atomic E-state index is 11.2. The number of esters is 1. The van der Waals surface area contributed by atoms with Crippen LogP contribution in [-0.4, -0.2) is 15.5 Å². The molecule has 0 radical (unpaired) electrons. The summed E-state index contributed by atoms with van der Waals surface area (Å²) in [5.41, 5.74) is 0.917. The van der Waals surface area contributed by atoms with E-state index in [-0.39, 0.29) is 0 Å². The number of nitrogens with zero attached hydrogens (tertiary/aromatic N) is 2. The summed E-state index contributed by atoms with van der Waals surface area (Å²) in [4.78, 5) is 15.1. The van der Waals surface area contributed by atoms with Crippen LogP contribution >= 0.6 is 0 Å². The van der Waals surface area contributed by atoms with Gasteiger partial charge in [-0.05, 0) is 6.07 Å². The number of carbonyl (C=O) groups excluding carboxylic acids is 1. The molecular weight excluding hydrogens is 216 g/mol. The highest BCUT2D eigenvalue weighted by Gasteiger charge is 2.06. The summed E-state index contributed by atoms with van der Waals surface area (Å²) in [5, 5.41) is 0. The predicted molar refractivity (Wildman–Crippen MR) is 63.6 cm³/mol. The van der Waals surface area contributed by atoms with Crippen LogP contribution < -0.4 is 4.74 Å². The Morgan fingerprint density at radius 2 is 2.29 bits per heavy atom. The number of para-hydroxylation sites is 1. The lowest BCUT2D eigenvalue weighted by atomic mass is 10.2. The summed E-state index contributed by atoms with van der Waals surface area (Å²) in [6, 6.07) is 7.39. The van der Waals surface area contributed by atoms with Crippen molar-refractivity contribution < 1.29 is 9.53 Å². The Bertz CT molecular complexity index is 518. The van der Waals surface area contributed by atoms with Crippen molar-refractivity contribution in [2.24, 2.45) is 0 Å². The molecule has 0 bridgehead atoms. The zero-order valence-corrected chi connectivity index (χ0v) is 9.24. The molecule has 0 aliphatic rings. The first-order chi connectivity index (χ1) is 8.29. The van der Waals surface area contributed by atoms with Crippen molar-refractivity contribution in [3.8, 4) is 5.75 Å². The molecule has 0 aliphatic heterocycles. The number of hydrogen-bond acceptors (Lipinski definition) is 3. The van der Waals surface area contributed by atoms with Gasteiger partial charge in [-0.25, -0.2) is 9.78 Å². The molecular formula is C13H12N2O2. The molecule has 0 fully saturated rings. The van der Waals surface area contributed by atoms with E-state index in [1.165, 1.54) is 0 Å². The molecule has 4 heteroatoms. The average molecular weight is 228 g/mol. The minimum Gasteiger partial charge on any atom is -0.423 e. The largest absolute Gasteiger partial charge is 0.423 e. The van der Waals surface area contributed by atoms with Gasteiger partial charge in [0.15, 0.2) is 0 Å². The summed E-state index contributed by atoms with van der Waals surface area (Å²) in [5.74, 6) is 0.0918. The molecule has 1 heterocycles. The number of rotatable bonds is 4. The SMILES string of the molecule is C=CC(=O)Oc1ccccc1Cn1ccnc1.